The van der Waals surface area contributed by atoms with Crippen molar-refractivity contribution in [1.82, 2.24) is 0 Å². The fraction of sp³-hybridized carbons (Fsp3) is 0.300. The first-order valence-corrected chi connectivity index (χ1v) is 4.26. The molecule has 2 rings (SSSR count). The maximum absolute atomic E-state index is 12.1. The minimum Gasteiger partial charge on any atom is -0.493 e. The lowest BCUT2D eigenvalue weighted by molar-refractivity contribution is 0.0678. The van der Waals surface area contributed by atoms with E-state index in [0.717, 1.165) is 5.56 Å². The van der Waals surface area contributed by atoms with Crippen LogP contribution in [0.3, 0.4) is 0 Å². The molecule has 0 atom stereocenters. The van der Waals surface area contributed by atoms with E-state index < -0.39 is 12.2 Å². The predicted octanol–water partition coefficient (Wildman–Crippen LogP) is 2.07. The molecule has 74 valence electrons. The van der Waals surface area contributed by atoms with Gasteiger partial charge in [0.25, 0.3) is 0 Å². The second-order valence-corrected chi connectivity index (χ2v) is 3.09. The minimum absolute atomic E-state index is 0.0595. The van der Waals surface area contributed by atoms with Crippen molar-refractivity contribution in [2.24, 2.45) is 0 Å². The van der Waals surface area contributed by atoms with Crippen molar-refractivity contribution < 1.29 is 18.3 Å². The first kappa shape index (κ1) is 9.12. The van der Waals surface area contributed by atoms with Gasteiger partial charge in [-0.05, 0) is 23.8 Å². The van der Waals surface area contributed by atoms with E-state index in [2.05, 4.69) is 0 Å². The normalized spacial score (nSPS) is 13.9. The predicted molar refractivity (Wildman–Crippen MR) is 46.0 cm³/mol. The van der Waals surface area contributed by atoms with Gasteiger partial charge >= 0.3 is 6.43 Å². The zero-order valence-corrected chi connectivity index (χ0v) is 7.30. The number of ether oxygens (including phenoxy) is 1. The van der Waals surface area contributed by atoms with Crippen LogP contribution in [0.5, 0.6) is 5.75 Å². The molecule has 14 heavy (non-hydrogen) atoms. The molecule has 2 nitrogen and oxygen atoms in total. The average molecular weight is 198 g/mol. The first-order chi connectivity index (χ1) is 6.68. The smallest absolute Gasteiger partial charge is 0.300 e. The van der Waals surface area contributed by atoms with Gasteiger partial charge in [-0.1, -0.05) is 0 Å². The number of hydrogen-bond acceptors (Lipinski definition) is 2. The first-order valence-electron chi connectivity index (χ1n) is 4.26. The van der Waals surface area contributed by atoms with Crippen molar-refractivity contribution in [2.45, 2.75) is 12.8 Å². The number of halogens is 2. The number of carbonyl (C=O) groups is 1. The maximum Gasteiger partial charge on any atom is 0.300 e. The molecular weight excluding hydrogens is 190 g/mol. The van der Waals surface area contributed by atoms with E-state index >= 15 is 0 Å². The van der Waals surface area contributed by atoms with Gasteiger partial charge in [-0.3, -0.25) is 4.79 Å². The molecule has 1 aliphatic rings. The highest BCUT2D eigenvalue weighted by molar-refractivity contribution is 5.98. The van der Waals surface area contributed by atoms with Crippen LogP contribution in [-0.2, 0) is 6.42 Å². The minimum atomic E-state index is -2.93. The lowest BCUT2D eigenvalue weighted by Gasteiger charge is -2.02. The molecule has 4 heteroatoms. The van der Waals surface area contributed by atoms with Crippen molar-refractivity contribution in [3.8, 4) is 5.75 Å². The lowest BCUT2D eigenvalue weighted by Crippen LogP contribution is -2.10. The van der Waals surface area contributed by atoms with Crippen LogP contribution in [0.4, 0.5) is 8.78 Å². The molecule has 1 heterocycles. The summed E-state index contributed by atoms with van der Waals surface area (Å²) >= 11 is 0. The molecule has 1 aromatic carbocycles. The van der Waals surface area contributed by atoms with Gasteiger partial charge in [0.05, 0.1) is 6.61 Å². The molecule has 0 aliphatic carbocycles. The molecular formula is C10H8F2O2. The molecule has 0 bridgehead atoms. The van der Waals surface area contributed by atoms with Crippen LogP contribution in [0.1, 0.15) is 15.9 Å². The topological polar surface area (TPSA) is 26.3 Å². The van der Waals surface area contributed by atoms with Crippen LogP contribution in [0, 0.1) is 0 Å². The number of benzene rings is 1. The Morgan fingerprint density at radius 3 is 2.93 bits per heavy atom. The van der Waals surface area contributed by atoms with Gasteiger partial charge in [-0.2, -0.15) is 0 Å². The highest BCUT2D eigenvalue weighted by Gasteiger charge is 2.20. The fourth-order valence-corrected chi connectivity index (χ4v) is 1.47. The second-order valence-electron chi connectivity index (χ2n) is 3.09. The van der Waals surface area contributed by atoms with E-state index in [4.69, 9.17) is 4.74 Å². The average Bonchev–Trinajstić information content (AvgIpc) is 2.62. The van der Waals surface area contributed by atoms with E-state index in [9.17, 15) is 13.6 Å². The van der Waals surface area contributed by atoms with Crippen LogP contribution < -0.4 is 4.74 Å². The van der Waals surface area contributed by atoms with Crippen molar-refractivity contribution in [2.75, 3.05) is 6.61 Å². The molecule has 0 spiro atoms. The molecule has 0 unspecified atom stereocenters. The SMILES string of the molecule is O=C(c1ccc2c(c1)CCO2)C(F)F. The van der Waals surface area contributed by atoms with E-state index in [0.29, 0.717) is 18.8 Å². The quantitative estimate of drug-likeness (QED) is 0.680. The van der Waals surface area contributed by atoms with Gasteiger partial charge in [-0.15, -0.1) is 0 Å². The molecule has 0 aromatic heterocycles. The summed E-state index contributed by atoms with van der Waals surface area (Å²) in [5.74, 6) is -0.435. The number of ketones is 1. The zero-order valence-electron chi connectivity index (χ0n) is 7.30. The fourth-order valence-electron chi connectivity index (χ4n) is 1.47. The third kappa shape index (κ3) is 1.47. The number of fused-ring (bicyclic) bond motifs is 1. The highest BCUT2D eigenvalue weighted by atomic mass is 19.3. The molecule has 0 fully saturated rings. The monoisotopic (exact) mass is 198 g/mol. The van der Waals surface area contributed by atoms with Crippen molar-refractivity contribution in [3.63, 3.8) is 0 Å². The largest absolute Gasteiger partial charge is 0.493 e. The third-order valence-electron chi connectivity index (χ3n) is 2.17. The van der Waals surface area contributed by atoms with Crippen molar-refractivity contribution in [3.05, 3.63) is 29.3 Å². The Balaban J connectivity index is 2.33. The molecule has 1 aliphatic heterocycles. The van der Waals surface area contributed by atoms with Gasteiger partial charge in [0.2, 0.25) is 5.78 Å². The lowest BCUT2D eigenvalue weighted by atomic mass is 10.1. The summed E-state index contributed by atoms with van der Waals surface area (Å²) in [5.41, 5.74) is 0.890. The van der Waals surface area contributed by atoms with Gasteiger partial charge in [0.15, 0.2) is 0 Å². The summed E-state index contributed by atoms with van der Waals surface area (Å²) in [6.07, 6.45) is -2.25. The van der Waals surface area contributed by atoms with Crippen LogP contribution in [0.15, 0.2) is 18.2 Å². The summed E-state index contributed by atoms with van der Waals surface area (Å²) in [7, 11) is 0. The number of alkyl halides is 2. The third-order valence-corrected chi connectivity index (χ3v) is 2.17. The molecule has 0 radical (unpaired) electrons. The van der Waals surface area contributed by atoms with E-state index in [1.54, 1.807) is 6.07 Å². The van der Waals surface area contributed by atoms with Crippen LogP contribution >= 0.6 is 0 Å². The molecule has 0 N–H and O–H groups in total. The second kappa shape index (κ2) is 3.36. The summed E-state index contributed by atoms with van der Waals surface area (Å²) in [6, 6.07) is 4.42. The van der Waals surface area contributed by atoms with E-state index in [1.165, 1.54) is 12.1 Å². The standard InChI is InChI=1S/C10H8F2O2/c11-10(12)9(13)7-1-2-8-6(5-7)3-4-14-8/h1-2,5,10H,3-4H2. The summed E-state index contributed by atoms with van der Waals surface area (Å²) < 4.78 is 29.4. The number of rotatable bonds is 2. The van der Waals surface area contributed by atoms with Gasteiger partial charge < -0.3 is 4.74 Å². The molecule has 0 saturated heterocycles. The van der Waals surface area contributed by atoms with Gasteiger partial charge in [0, 0.05) is 12.0 Å². The summed E-state index contributed by atoms with van der Waals surface area (Å²) in [5, 5.41) is 0. The number of carbonyl (C=O) groups excluding carboxylic acids is 1. The molecule has 0 saturated carbocycles. The van der Waals surface area contributed by atoms with E-state index in [-0.39, 0.29) is 5.56 Å². The van der Waals surface area contributed by atoms with Crippen molar-refractivity contribution in [1.29, 1.82) is 0 Å². The molecule has 0 amide bonds. The van der Waals surface area contributed by atoms with Crippen molar-refractivity contribution >= 4 is 5.78 Å². The van der Waals surface area contributed by atoms with Crippen LogP contribution in [-0.4, -0.2) is 18.8 Å². The maximum atomic E-state index is 12.1. The summed E-state index contributed by atoms with van der Waals surface area (Å²) in [6.45, 7) is 0.557. The van der Waals surface area contributed by atoms with E-state index in [1.807, 2.05) is 0 Å². The van der Waals surface area contributed by atoms with Crippen LogP contribution in [0.25, 0.3) is 0 Å². The Labute approximate surface area is 79.5 Å². The number of hydrogen-bond donors (Lipinski definition) is 0. The Bertz CT molecular complexity index is 374. The highest BCUT2D eigenvalue weighted by Crippen LogP contribution is 2.26. The van der Waals surface area contributed by atoms with Crippen LogP contribution in [0.2, 0.25) is 0 Å². The Morgan fingerprint density at radius 1 is 1.43 bits per heavy atom. The van der Waals surface area contributed by atoms with Gasteiger partial charge in [0.1, 0.15) is 5.75 Å². The number of Topliss-reactive ketones (excluding diaryl/α,β-unsaturated/α-hetero) is 1. The zero-order chi connectivity index (χ0) is 10.1. The van der Waals surface area contributed by atoms with Gasteiger partial charge in [-0.25, -0.2) is 8.78 Å². The Morgan fingerprint density at radius 2 is 2.21 bits per heavy atom. The Hall–Kier alpha value is -1.45. The summed E-state index contributed by atoms with van der Waals surface area (Å²) in [4.78, 5) is 11.0. The molecule has 1 aromatic rings. The Kier molecular flexibility index (Phi) is 2.19.